The number of aryl methyl sites for hydroxylation is 1. The van der Waals surface area contributed by atoms with Gasteiger partial charge in [0.05, 0.1) is 22.6 Å². The second-order valence-corrected chi connectivity index (χ2v) is 5.46. The summed E-state index contributed by atoms with van der Waals surface area (Å²) in [6, 6.07) is 20.2. The van der Waals surface area contributed by atoms with E-state index in [2.05, 4.69) is 41.2 Å². The standard InChI is InChI=1S/C20H15N3/c1-14-10-11-18(17-9-2-3-12-21-17)23-19(14)16-8-4-6-15-7-5-13-22-20(15)16/h2-13H,1H3. The number of aromatic nitrogens is 3. The Morgan fingerprint density at radius 1 is 0.696 bits per heavy atom. The molecule has 0 aliphatic carbocycles. The lowest BCUT2D eigenvalue weighted by molar-refractivity contribution is 1.22. The average molecular weight is 297 g/mol. The van der Waals surface area contributed by atoms with E-state index in [0.29, 0.717) is 0 Å². The topological polar surface area (TPSA) is 38.7 Å². The summed E-state index contributed by atoms with van der Waals surface area (Å²) < 4.78 is 0. The summed E-state index contributed by atoms with van der Waals surface area (Å²) in [7, 11) is 0. The number of hydrogen-bond donors (Lipinski definition) is 0. The predicted molar refractivity (Wildman–Crippen MR) is 92.9 cm³/mol. The highest BCUT2D eigenvalue weighted by molar-refractivity contribution is 5.93. The third kappa shape index (κ3) is 2.46. The van der Waals surface area contributed by atoms with Crippen molar-refractivity contribution in [1.82, 2.24) is 15.0 Å². The van der Waals surface area contributed by atoms with Crippen LogP contribution in [0.1, 0.15) is 5.56 Å². The van der Waals surface area contributed by atoms with Crippen molar-refractivity contribution >= 4 is 10.9 Å². The molecule has 0 bridgehead atoms. The van der Waals surface area contributed by atoms with Crippen molar-refractivity contribution < 1.29 is 0 Å². The van der Waals surface area contributed by atoms with Gasteiger partial charge in [-0.3, -0.25) is 9.97 Å². The Labute approximate surface area is 134 Å². The first-order chi connectivity index (χ1) is 11.3. The van der Waals surface area contributed by atoms with Crippen LogP contribution in [-0.4, -0.2) is 15.0 Å². The minimum Gasteiger partial charge on any atom is -0.256 e. The highest BCUT2D eigenvalue weighted by Crippen LogP contribution is 2.29. The maximum Gasteiger partial charge on any atom is 0.0893 e. The first-order valence-electron chi connectivity index (χ1n) is 7.56. The monoisotopic (exact) mass is 297 g/mol. The van der Waals surface area contributed by atoms with Gasteiger partial charge in [0.2, 0.25) is 0 Å². The molecule has 0 N–H and O–H groups in total. The molecule has 0 saturated heterocycles. The van der Waals surface area contributed by atoms with Crippen LogP contribution in [0.2, 0.25) is 0 Å². The molecule has 3 heterocycles. The first kappa shape index (κ1) is 13.6. The Bertz CT molecular complexity index is 973. The van der Waals surface area contributed by atoms with E-state index in [9.17, 15) is 0 Å². The van der Waals surface area contributed by atoms with E-state index >= 15 is 0 Å². The lowest BCUT2D eigenvalue weighted by Crippen LogP contribution is -1.94. The Morgan fingerprint density at radius 3 is 2.43 bits per heavy atom. The fourth-order valence-electron chi connectivity index (χ4n) is 2.75. The molecule has 0 aliphatic rings. The minimum absolute atomic E-state index is 0.874. The molecular weight excluding hydrogens is 282 g/mol. The van der Waals surface area contributed by atoms with Crippen molar-refractivity contribution in [1.29, 1.82) is 0 Å². The molecule has 0 unspecified atom stereocenters. The lowest BCUT2D eigenvalue weighted by atomic mass is 10.0. The van der Waals surface area contributed by atoms with Crippen LogP contribution in [0.5, 0.6) is 0 Å². The number of benzene rings is 1. The second-order valence-electron chi connectivity index (χ2n) is 5.46. The van der Waals surface area contributed by atoms with Crippen molar-refractivity contribution in [3.63, 3.8) is 0 Å². The SMILES string of the molecule is Cc1ccc(-c2ccccn2)nc1-c1cccc2cccnc12. The van der Waals surface area contributed by atoms with Crippen LogP contribution in [0.3, 0.4) is 0 Å². The highest BCUT2D eigenvalue weighted by Gasteiger charge is 2.11. The summed E-state index contributed by atoms with van der Waals surface area (Å²) in [5.41, 5.74) is 5.86. The van der Waals surface area contributed by atoms with E-state index < -0.39 is 0 Å². The molecule has 4 rings (SSSR count). The zero-order chi connectivity index (χ0) is 15.6. The van der Waals surface area contributed by atoms with Gasteiger partial charge in [0.15, 0.2) is 0 Å². The van der Waals surface area contributed by atoms with Crippen LogP contribution in [0, 0.1) is 6.92 Å². The molecule has 1 aromatic carbocycles. The molecule has 0 fully saturated rings. The predicted octanol–water partition coefficient (Wildman–Crippen LogP) is 4.67. The van der Waals surface area contributed by atoms with Crippen molar-refractivity contribution in [2.45, 2.75) is 6.92 Å². The van der Waals surface area contributed by atoms with Crippen molar-refractivity contribution in [3.8, 4) is 22.6 Å². The van der Waals surface area contributed by atoms with Gasteiger partial charge in [-0.05, 0) is 36.8 Å². The molecule has 0 aliphatic heterocycles. The molecule has 0 saturated carbocycles. The number of fused-ring (bicyclic) bond motifs is 1. The van der Waals surface area contributed by atoms with E-state index in [-0.39, 0.29) is 0 Å². The van der Waals surface area contributed by atoms with E-state index in [1.165, 1.54) is 0 Å². The summed E-state index contributed by atoms with van der Waals surface area (Å²) >= 11 is 0. The zero-order valence-corrected chi connectivity index (χ0v) is 12.8. The normalized spacial score (nSPS) is 10.8. The largest absolute Gasteiger partial charge is 0.256 e. The molecule has 0 spiro atoms. The van der Waals surface area contributed by atoms with E-state index in [1.54, 1.807) is 6.20 Å². The molecule has 110 valence electrons. The molecule has 4 aromatic rings. The number of hydrogen-bond acceptors (Lipinski definition) is 3. The number of pyridine rings is 3. The van der Waals surface area contributed by atoms with Gasteiger partial charge in [-0.1, -0.05) is 36.4 Å². The van der Waals surface area contributed by atoms with Gasteiger partial charge >= 0.3 is 0 Å². The van der Waals surface area contributed by atoms with Gasteiger partial charge in [-0.25, -0.2) is 4.98 Å². The fourth-order valence-corrected chi connectivity index (χ4v) is 2.75. The van der Waals surface area contributed by atoms with Gasteiger partial charge in [0, 0.05) is 23.3 Å². The summed E-state index contributed by atoms with van der Waals surface area (Å²) in [4.78, 5) is 13.8. The Kier molecular flexibility index (Phi) is 3.31. The van der Waals surface area contributed by atoms with Crippen molar-refractivity contribution in [2.24, 2.45) is 0 Å². The number of rotatable bonds is 2. The van der Waals surface area contributed by atoms with Gasteiger partial charge in [0.25, 0.3) is 0 Å². The molecule has 0 atom stereocenters. The molecule has 0 radical (unpaired) electrons. The smallest absolute Gasteiger partial charge is 0.0893 e. The Balaban J connectivity index is 1.95. The van der Waals surface area contributed by atoms with Crippen molar-refractivity contribution in [2.75, 3.05) is 0 Å². The average Bonchev–Trinajstić information content (AvgIpc) is 2.62. The van der Waals surface area contributed by atoms with Gasteiger partial charge < -0.3 is 0 Å². The molecule has 3 aromatic heterocycles. The Hall–Kier alpha value is -3.07. The van der Waals surface area contributed by atoms with Crippen LogP contribution < -0.4 is 0 Å². The summed E-state index contributed by atoms with van der Waals surface area (Å²) in [6.45, 7) is 2.08. The van der Waals surface area contributed by atoms with Gasteiger partial charge in [0.1, 0.15) is 0 Å². The maximum absolute atomic E-state index is 4.86. The Morgan fingerprint density at radius 2 is 1.57 bits per heavy atom. The van der Waals surface area contributed by atoms with E-state index in [1.807, 2.05) is 42.6 Å². The first-order valence-corrected chi connectivity index (χ1v) is 7.56. The molecule has 23 heavy (non-hydrogen) atoms. The van der Waals surface area contributed by atoms with E-state index in [4.69, 9.17) is 4.98 Å². The van der Waals surface area contributed by atoms with Crippen molar-refractivity contribution in [3.05, 3.63) is 78.6 Å². The van der Waals surface area contributed by atoms with Crippen LogP contribution >= 0.6 is 0 Å². The lowest BCUT2D eigenvalue weighted by Gasteiger charge is -2.10. The molecule has 3 nitrogen and oxygen atoms in total. The third-order valence-corrected chi connectivity index (χ3v) is 3.91. The number of para-hydroxylation sites is 1. The summed E-state index contributed by atoms with van der Waals surface area (Å²) in [6.07, 6.45) is 3.61. The van der Waals surface area contributed by atoms with E-state index in [0.717, 1.165) is 39.1 Å². The van der Waals surface area contributed by atoms with Crippen LogP contribution in [0.15, 0.2) is 73.1 Å². The third-order valence-electron chi connectivity index (χ3n) is 3.91. The quantitative estimate of drug-likeness (QED) is 0.540. The molecular formula is C20H15N3. The van der Waals surface area contributed by atoms with Crippen LogP contribution in [0.25, 0.3) is 33.5 Å². The highest BCUT2D eigenvalue weighted by atomic mass is 14.8. The minimum atomic E-state index is 0.874. The maximum atomic E-state index is 4.86. The molecule has 3 heteroatoms. The molecule has 0 amide bonds. The van der Waals surface area contributed by atoms with Gasteiger partial charge in [-0.15, -0.1) is 0 Å². The summed E-state index contributed by atoms with van der Waals surface area (Å²) in [5, 5.41) is 1.12. The van der Waals surface area contributed by atoms with Gasteiger partial charge in [-0.2, -0.15) is 0 Å². The van der Waals surface area contributed by atoms with Crippen LogP contribution in [-0.2, 0) is 0 Å². The fraction of sp³-hybridized carbons (Fsp3) is 0.0500. The zero-order valence-electron chi connectivity index (χ0n) is 12.8. The summed E-state index contributed by atoms with van der Waals surface area (Å²) in [5.74, 6) is 0. The second kappa shape index (κ2) is 5.61. The number of nitrogens with zero attached hydrogens (tertiary/aromatic N) is 3. The van der Waals surface area contributed by atoms with Crippen LogP contribution in [0.4, 0.5) is 0 Å².